The maximum atomic E-state index is 13.2. The molecule has 3 rings (SSSR count). The number of piperidine rings is 1. The van der Waals surface area contributed by atoms with E-state index in [4.69, 9.17) is 4.74 Å². The van der Waals surface area contributed by atoms with Crippen LogP contribution in [0.3, 0.4) is 0 Å². The first-order valence-electron chi connectivity index (χ1n) is 10.4. The van der Waals surface area contributed by atoms with Crippen LogP contribution < -0.4 is 5.32 Å². The van der Waals surface area contributed by atoms with E-state index in [0.717, 1.165) is 12.8 Å². The molecule has 1 aliphatic rings. The third-order valence-corrected chi connectivity index (χ3v) is 7.75. The van der Waals surface area contributed by atoms with E-state index in [2.05, 4.69) is 12.2 Å². The highest BCUT2D eigenvalue weighted by molar-refractivity contribution is 7.89. The Bertz CT molecular complexity index is 1070. The van der Waals surface area contributed by atoms with E-state index in [1.165, 1.54) is 10.4 Å². The summed E-state index contributed by atoms with van der Waals surface area (Å²) in [5.74, 6) is -0.344. The van der Waals surface area contributed by atoms with Crippen LogP contribution in [-0.2, 0) is 21.8 Å². The Morgan fingerprint density at radius 2 is 1.77 bits per heavy atom. The smallest absolute Gasteiger partial charge is 0.338 e. The lowest BCUT2D eigenvalue weighted by atomic mass is 10.0. The van der Waals surface area contributed by atoms with E-state index in [1.54, 1.807) is 49.7 Å². The summed E-state index contributed by atoms with van der Waals surface area (Å²) in [6, 6.07) is 7.78. The summed E-state index contributed by atoms with van der Waals surface area (Å²) < 4.78 is 34.3. The normalized spacial score (nSPS) is 15.6. The van der Waals surface area contributed by atoms with Gasteiger partial charge in [-0.05, 0) is 62.9 Å². The zero-order chi connectivity index (χ0) is 22.8. The monoisotopic (exact) mass is 447 g/mol. The zero-order valence-electron chi connectivity index (χ0n) is 18.3. The van der Waals surface area contributed by atoms with Crippen molar-refractivity contribution in [3.63, 3.8) is 0 Å². The van der Waals surface area contributed by atoms with Crippen LogP contribution in [0, 0.1) is 12.8 Å². The van der Waals surface area contributed by atoms with Gasteiger partial charge in [-0.2, -0.15) is 4.31 Å². The molecular weight excluding hydrogens is 418 g/mol. The standard InChI is InChI=1S/C22H29N3O5S/c1-5-30-22(27)17-6-8-18(9-7-17)23-21(26)19-14-20(16(3)24(19)4)31(28,29)25-12-10-15(2)11-13-25/h6-9,14-15H,5,10-13H2,1-4H3,(H,23,26). The number of benzene rings is 1. The minimum absolute atomic E-state index is 0.160. The predicted octanol–water partition coefficient (Wildman–Crippen LogP) is 3.18. The van der Waals surface area contributed by atoms with Crippen molar-refractivity contribution >= 4 is 27.6 Å². The van der Waals surface area contributed by atoms with Crippen molar-refractivity contribution in [3.8, 4) is 0 Å². The summed E-state index contributed by atoms with van der Waals surface area (Å²) in [7, 11) is -1.99. The summed E-state index contributed by atoms with van der Waals surface area (Å²) in [4.78, 5) is 24.7. The quantitative estimate of drug-likeness (QED) is 0.686. The third kappa shape index (κ3) is 4.83. The van der Waals surface area contributed by atoms with Crippen LogP contribution in [0.25, 0.3) is 0 Å². The molecule has 1 aliphatic heterocycles. The number of carbonyl (C=O) groups is 2. The minimum Gasteiger partial charge on any atom is -0.462 e. The van der Waals surface area contributed by atoms with Crippen molar-refractivity contribution in [2.24, 2.45) is 13.0 Å². The lowest BCUT2D eigenvalue weighted by Crippen LogP contribution is -2.38. The zero-order valence-corrected chi connectivity index (χ0v) is 19.2. The molecule has 2 heterocycles. The number of hydrogen-bond acceptors (Lipinski definition) is 5. The molecule has 1 saturated heterocycles. The van der Waals surface area contributed by atoms with E-state index in [0.29, 0.717) is 36.0 Å². The SMILES string of the molecule is CCOC(=O)c1ccc(NC(=O)c2cc(S(=O)(=O)N3CCC(C)CC3)c(C)n2C)cc1. The van der Waals surface area contributed by atoms with Gasteiger partial charge >= 0.3 is 5.97 Å². The number of ether oxygens (including phenoxy) is 1. The van der Waals surface area contributed by atoms with Gasteiger partial charge in [-0.3, -0.25) is 4.79 Å². The molecule has 0 radical (unpaired) electrons. The van der Waals surface area contributed by atoms with Gasteiger partial charge in [-0.15, -0.1) is 0 Å². The Morgan fingerprint density at radius 3 is 2.35 bits per heavy atom. The first kappa shape index (κ1) is 23.0. The number of aromatic nitrogens is 1. The predicted molar refractivity (Wildman–Crippen MR) is 118 cm³/mol. The number of sulfonamides is 1. The molecule has 1 N–H and O–H groups in total. The van der Waals surface area contributed by atoms with Crippen LogP contribution in [0.4, 0.5) is 5.69 Å². The van der Waals surface area contributed by atoms with E-state index < -0.39 is 21.9 Å². The highest BCUT2D eigenvalue weighted by atomic mass is 32.2. The van der Waals surface area contributed by atoms with Crippen LogP contribution in [0.5, 0.6) is 0 Å². The molecule has 0 saturated carbocycles. The Morgan fingerprint density at radius 1 is 1.16 bits per heavy atom. The fourth-order valence-electron chi connectivity index (χ4n) is 3.61. The second-order valence-electron chi connectivity index (χ2n) is 7.88. The summed E-state index contributed by atoms with van der Waals surface area (Å²) >= 11 is 0. The van der Waals surface area contributed by atoms with E-state index in [1.807, 2.05) is 0 Å². The summed E-state index contributed by atoms with van der Waals surface area (Å²) in [6.07, 6.45) is 1.67. The van der Waals surface area contributed by atoms with E-state index in [9.17, 15) is 18.0 Å². The highest BCUT2D eigenvalue weighted by Crippen LogP contribution is 2.27. The summed E-state index contributed by atoms with van der Waals surface area (Å²) in [5.41, 5.74) is 1.64. The lowest BCUT2D eigenvalue weighted by Gasteiger charge is -2.29. The number of anilines is 1. The van der Waals surface area contributed by atoms with E-state index >= 15 is 0 Å². The largest absolute Gasteiger partial charge is 0.462 e. The average molecular weight is 448 g/mol. The second-order valence-corrected chi connectivity index (χ2v) is 9.78. The molecule has 1 aromatic carbocycles. The number of esters is 1. The van der Waals surface area contributed by atoms with Gasteiger partial charge in [0, 0.05) is 31.5 Å². The van der Waals surface area contributed by atoms with Crippen molar-refractivity contribution in [1.82, 2.24) is 8.87 Å². The number of nitrogens with one attached hydrogen (secondary N) is 1. The molecule has 1 amide bonds. The number of hydrogen-bond donors (Lipinski definition) is 1. The Labute approximate surface area is 183 Å². The number of amides is 1. The average Bonchev–Trinajstić information content (AvgIpc) is 3.04. The topological polar surface area (TPSA) is 97.7 Å². The van der Waals surface area contributed by atoms with Crippen molar-refractivity contribution in [1.29, 1.82) is 0 Å². The van der Waals surface area contributed by atoms with Crippen LogP contribution >= 0.6 is 0 Å². The van der Waals surface area contributed by atoms with Gasteiger partial charge in [0.1, 0.15) is 10.6 Å². The molecule has 9 heteroatoms. The number of carbonyl (C=O) groups excluding carboxylic acids is 2. The molecule has 168 valence electrons. The van der Waals surface area contributed by atoms with Gasteiger partial charge in [0.05, 0.1) is 12.2 Å². The van der Waals surface area contributed by atoms with Gasteiger partial charge in [0.2, 0.25) is 10.0 Å². The van der Waals surface area contributed by atoms with Gasteiger partial charge in [-0.25, -0.2) is 13.2 Å². The van der Waals surface area contributed by atoms with Crippen molar-refractivity contribution in [2.45, 2.75) is 38.5 Å². The fraction of sp³-hybridized carbons (Fsp3) is 0.455. The maximum absolute atomic E-state index is 13.2. The molecule has 0 aliphatic carbocycles. The highest BCUT2D eigenvalue weighted by Gasteiger charge is 2.32. The van der Waals surface area contributed by atoms with Crippen LogP contribution in [0.1, 0.15) is 53.2 Å². The van der Waals surface area contributed by atoms with Crippen molar-refractivity contribution in [3.05, 3.63) is 47.3 Å². The summed E-state index contributed by atoms with van der Waals surface area (Å²) in [6.45, 7) is 6.82. The van der Waals surface area contributed by atoms with E-state index in [-0.39, 0.29) is 17.2 Å². The van der Waals surface area contributed by atoms with Crippen molar-refractivity contribution in [2.75, 3.05) is 25.0 Å². The molecule has 31 heavy (non-hydrogen) atoms. The van der Waals surface area contributed by atoms with Crippen LogP contribution in [-0.4, -0.2) is 48.9 Å². The maximum Gasteiger partial charge on any atom is 0.338 e. The molecule has 2 aromatic rings. The Hall–Kier alpha value is -2.65. The van der Waals surface area contributed by atoms with Crippen LogP contribution in [0.15, 0.2) is 35.2 Å². The molecule has 1 fully saturated rings. The fourth-order valence-corrected chi connectivity index (χ4v) is 5.35. The molecular formula is C22H29N3O5S. The van der Waals surface area contributed by atoms with Gasteiger partial charge in [-0.1, -0.05) is 6.92 Å². The van der Waals surface area contributed by atoms with Gasteiger partial charge in [0.25, 0.3) is 5.91 Å². The minimum atomic E-state index is -3.66. The molecule has 0 atom stereocenters. The Balaban J connectivity index is 1.79. The lowest BCUT2D eigenvalue weighted by molar-refractivity contribution is 0.0526. The van der Waals surface area contributed by atoms with Gasteiger partial charge < -0.3 is 14.6 Å². The molecule has 0 spiro atoms. The first-order valence-corrected chi connectivity index (χ1v) is 11.8. The molecule has 0 bridgehead atoms. The molecule has 1 aromatic heterocycles. The summed E-state index contributed by atoms with van der Waals surface area (Å²) in [5, 5.41) is 2.75. The number of nitrogens with zero attached hydrogens (tertiary/aromatic N) is 2. The third-order valence-electron chi connectivity index (χ3n) is 5.74. The van der Waals surface area contributed by atoms with Gasteiger partial charge in [0.15, 0.2) is 0 Å². The molecule has 0 unspecified atom stereocenters. The van der Waals surface area contributed by atoms with Crippen LogP contribution in [0.2, 0.25) is 0 Å². The first-order chi connectivity index (χ1) is 14.6. The van der Waals surface area contributed by atoms with Crippen molar-refractivity contribution < 1.29 is 22.7 Å². The Kier molecular flexibility index (Phi) is 6.86. The second kappa shape index (κ2) is 9.23. The molecule has 8 nitrogen and oxygen atoms in total. The number of rotatable bonds is 6.